The Morgan fingerprint density at radius 2 is 2.04 bits per heavy atom. The molecule has 0 bridgehead atoms. The molecule has 0 saturated carbocycles. The van der Waals surface area contributed by atoms with E-state index in [0.717, 1.165) is 5.56 Å². The van der Waals surface area contributed by atoms with Crippen LogP contribution in [0, 0.1) is 5.82 Å². The van der Waals surface area contributed by atoms with Gasteiger partial charge in [0, 0.05) is 25.1 Å². The standard InChI is InChI=1S/C17H15FN4O/c18-15-5-2-1-4-14(15)11-17(23)20-12-13-6-8-19-16(10-13)22-9-3-7-21-22/h1-10H,11-12H2,(H,20,23). The largest absolute Gasteiger partial charge is 0.352 e. The number of pyridine rings is 1. The van der Waals surface area contributed by atoms with Crippen LogP contribution in [0.5, 0.6) is 0 Å². The molecule has 0 saturated heterocycles. The maximum absolute atomic E-state index is 13.5. The van der Waals surface area contributed by atoms with Gasteiger partial charge >= 0.3 is 0 Å². The topological polar surface area (TPSA) is 59.8 Å². The van der Waals surface area contributed by atoms with Gasteiger partial charge in [-0.3, -0.25) is 4.79 Å². The Morgan fingerprint density at radius 3 is 2.83 bits per heavy atom. The van der Waals surface area contributed by atoms with Gasteiger partial charge in [0.15, 0.2) is 5.82 Å². The molecule has 1 aromatic carbocycles. The fourth-order valence-electron chi connectivity index (χ4n) is 2.18. The van der Waals surface area contributed by atoms with E-state index in [1.165, 1.54) is 6.07 Å². The van der Waals surface area contributed by atoms with Crippen molar-refractivity contribution in [3.8, 4) is 5.82 Å². The van der Waals surface area contributed by atoms with Crippen molar-refractivity contribution in [1.82, 2.24) is 20.1 Å². The summed E-state index contributed by atoms with van der Waals surface area (Å²) in [7, 11) is 0. The van der Waals surface area contributed by atoms with Crippen molar-refractivity contribution >= 4 is 5.91 Å². The van der Waals surface area contributed by atoms with Crippen molar-refractivity contribution in [1.29, 1.82) is 0 Å². The van der Waals surface area contributed by atoms with Crippen LogP contribution in [0.4, 0.5) is 4.39 Å². The molecule has 0 aliphatic rings. The van der Waals surface area contributed by atoms with E-state index in [4.69, 9.17) is 0 Å². The van der Waals surface area contributed by atoms with Gasteiger partial charge in [-0.15, -0.1) is 0 Å². The second-order valence-electron chi connectivity index (χ2n) is 5.02. The van der Waals surface area contributed by atoms with Gasteiger partial charge in [0.05, 0.1) is 6.42 Å². The zero-order valence-corrected chi connectivity index (χ0v) is 12.3. The lowest BCUT2D eigenvalue weighted by Gasteiger charge is -2.07. The highest BCUT2D eigenvalue weighted by Crippen LogP contribution is 2.08. The van der Waals surface area contributed by atoms with E-state index in [1.54, 1.807) is 41.5 Å². The molecule has 0 fully saturated rings. The average molecular weight is 310 g/mol. The Bertz CT molecular complexity index is 802. The Balaban J connectivity index is 1.61. The van der Waals surface area contributed by atoms with Gasteiger partial charge < -0.3 is 5.32 Å². The molecule has 2 aromatic heterocycles. The maximum atomic E-state index is 13.5. The number of amides is 1. The van der Waals surface area contributed by atoms with Gasteiger partial charge in [0.1, 0.15) is 5.82 Å². The van der Waals surface area contributed by atoms with Gasteiger partial charge in [-0.2, -0.15) is 5.10 Å². The Labute approximate surface area is 132 Å². The van der Waals surface area contributed by atoms with E-state index in [9.17, 15) is 9.18 Å². The van der Waals surface area contributed by atoms with E-state index >= 15 is 0 Å². The maximum Gasteiger partial charge on any atom is 0.224 e. The van der Waals surface area contributed by atoms with Gasteiger partial charge in [-0.25, -0.2) is 14.1 Å². The predicted octanol–water partition coefficient (Wildman–Crippen LogP) is 2.27. The third kappa shape index (κ3) is 3.79. The average Bonchev–Trinajstić information content (AvgIpc) is 3.10. The van der Waals surface area contributed by atoms with Crippen LogP contribution >= 0.6 is 0 Å². The number of nitrogens with one attached hydrogen (secondary N) is 1. The number of nitrogens with zero attached hydrogens (tertiary/aromatic N) is 3. The predicted molar refractivity (Wildman–Crippen MR) is 83.3 cm³/mol. The van der Waals surface area contributed by atoms with Crippen LogP contribution in [0.25, 0.3) is 5.82 Å². The lowest BCUT2D eigenvalue weighted by molar-refractivity contribution is -0.120. The molecule has 0 aliphatic heterocycles. The molecule has 0 aliphatic carbocycles. The Morgan fingerprint density at radius 1 is 1.17 bits per heavy atom. The molecule has 1 amide bonds. The van der Waals surface area contributed by atoms with E-state index in [-0.39, 0.29) is 18.1 Å². The number of aromatic nitrogens is 3. The minimum absolute atomic E-state index is 0.0176. The molecule has 2 heterocycles. The minimum Gasteiger partial charge on any atom is -0.352 e. The van der Waals surface area contributed by atoms with E-state index in [1.807, 2.05) is 18.2 Å². The summed E-state index contributed by atoms with van der Waals surface area (Å²) < 4.78 is 15.2. The molecule has 23 heavy (non-hydrogen) atoms. The quantitative estimate of drug-likeness (QED) is 0.786. The molecule has 0 unspecified atom stereocenters. The zero-order chi connectivity index (χ0) is 16.1. The van der Waals surface area contributed by atoms with Crippen molar-refractivity contribution in [3.05, 3.63) is 78.0 Å². The van der Waals surface area contributed by atoms with E-state index in [0.29, 0.717) is 17.9 Å². The summed E-state index contributed by atoms with van der Waals surface area (Å²) in [6.07, 6.45) is 5.15. The fraction of sp³-hybridized carbons (Fsp3) is 0.118. The highest BCUT2D eigenvalue weighted by atomic mass is 19.1. The molecule has 3 aromatic rings. The molecular formula is C17H15FN4O. The molecule has 0 atom stereocenters. The number of hydrogen-bond acceptors (Lipinski definition) is 3. The third-order valence-electron chi connectivity index (χ3n) is 3.35. The molecule has 1 N–H and O–H groups in total. The zero-order valence-electron chi connectivity index (χ0n) is 12.3. The summed E-state index contributed by atoms with van der Waals surface area (Å²) in [5, 5.41) is 6.90. The summed E-state index contributed by atoms with van der Waals surface area (Å²) in [6, 6.07) is 11.7. The SMILES string of the molecule is O=C(Cc1ccccc1F)NCc1ccnc(-n2cccn2)c1. The summed E-state index contributed by atoms with van der Waals surface area (Å²) in [4.78, 5) is 16.2. The molecule has 3 rings (SSSR count). The second kappa shape index (κ2) is 6.83. The lowest BCUT2D eigenvalue weighted by atomic mass is 10.1. The van der Waals surface area contributed by atoms with Gasteiger partial charge in [-0.05, 0) is 35.4 Å². The van der Waals surface area contributed by atoms with Crippen LogP contribution in [0.2, 0.25) is 0 Å². The smallest absolute Gasteiger partial charge is 0.224 e. The first-order valence-corrected chi connectivity index (χ1v) is 7.17. The summed E-state index contributed by atoms with van der Waals surface area (Å²) in [5.41, 5.74) is 1.28. The Hall–Kier alpha value is -3.02. The van der Waals surface area contributed by atoms with Crippen molar-refractivity contribution < 1.29 is 9.18 Å². The van der Waals surface area contributed by atoms with Gasteiger partial charge in [0.25, 0.3) is 0 Å². The summed E-state index contributed by atoms with van der Waals surface area (Å²) >= 11 is 0. The molecule has 0 radical (unpaired) electrons. The van der Waals surface area contributed by atoms with Gasteiger partial charge in [-0.1, -0.05) is 18.2 Å². The number of benzene rings is 1. The monoisotopic (exact) mass is 310 g/mol. The molecule has 5 nitrogen and oxygen atoms in total. The van der Waals surface area contributed by atoms with Crippen LogP contribution in [-0.2, 0) is 17.8 Å². The van der Waals surface area contributed by atoms with Crippen molar-refractivity contribution in [2.24, 2.45) is 0 Å². The number of rotatable bonds is 5. The summed E-state index contributed by atoms with van der Waals surface area (Å²) in [5.74, 6) is 0.0796. The normalized spacial score (nSPS) is 10.5. The Kier molecular flexibility index (Phi) is 4.42. The van der Waals surface area contributed by atoms with Crippen LogP contribution in [0.15, 0.2) is 61.1 Å². The van der Waals surface area contributed by atoms with Gasteiger partial charge in [0.2, 0.25) is 5.91 Å². The van der Waals surface area contributed by atoms with Crippen LogP contribution in [0.3, 0.4) is 0 Å². The highest BCUT2D eigenvalue weighted by Gasteiger charge is 2.08. The minimum atomic E-state index is -0.368. The number of hydrogen-bond donors (Lipinski definition) is 1. The number of halogens is 1. The van der Waals surface area contributed by atoms with Crippen LogP contribution in [0.1, 0.15) is 11.1 Å². The molecule has 0 spiro atoms. The number of carbonyl (C=O) groups excluding carboxylic acids is 1. The lowest BCUT2D eigenvalue weighted by Crippen LogP contribution is -2.25. The van der Waals surface area contributed by atoms with Crippen molar-refractivity contribution in [2.75, 3.05) is 0 Å². The second-order valence-corrected chi connectivity index (χ2v) is 5.02. The van der Waals surface area contributed by atoms with E-state index in [2.05, 4.69) is 15.4 Å². The first-order chi connectivity index (χ1) is 11.2. The van der Waals surface area contributed by atoms with Crippen molar-refractivity contribution in [2.45, 2.75) is 13.0 Å². The highest BCUT2D eigenvalue weighted by molar-refractivity contribution is 5.78. The first kappa shape index (κ1) is 14.9. The van der Waals surface area contributed by atoms with Crippen LogP contribution in [-0.4, -0.2) is 20.7 Å². The summed E-state index contributed by atoms with van der Waals surface area (Å²) in [6.45, 7) is 0.351. The van der Waals surface area contributed by atoms with Crippen molar-refractivity contribution in [3.63, 3.8) is 0 Å². The molecular weight excluding hydrogens is 295 g/mol. The van der Waals surface area contributed by atoms with Crippen LogP contribution < -0.4 is 5.32 Å². The van der Waals surface area contributed by atoms with E-state index < -0.39 is 0 Å². The molecule has 116 valence electrons. The first-order valence-electron chi connectivity index (χ1n) is 7.17. The number of carbonyl (C=O) groups is 1. The molecule has 6 heteroatoms. The third-order valence-corrected chi connectivity index (χ3v) is 3.35. The fourth-order valence-corrected chi connectivity index (χ4v) is 2.18.